The minimum atomic E-state index is -0.965. The molecule has 0 bridgehead atoms. The molecule has 0 radical (unpaired) electrons. The number of hydrogen-bond acceptors (Lipinski definition) is 5. The van der Waals surface area contributed by atoms with Crippen molar-refractivity contribution in [1.82, 2.24) is 9.55 Å². The van der Waals surface area contributed by atoms with Crippen molar-refractivity contribution in [3.05, 3.63) is 76.8 Å². The predicted octanol–water partition coefficient (Wildman–Crippen LogP) is 6.43. The smallest absolute Gasteiger partial charge is 0.319 e. The molecule has 7 nitrogen and oxygen atoms in total. The molecule has 0 saturated carbocycles. The van der Waals surface area contributed by atoms with Gasteiger partial charge in [-0.05, 0) is 44.5 Å². The summed E-state index contributed by atoms with van der Waals surface area (Å²) in [5.74, 6) is -0.493. The Labute approximate surface area is 235 Å². The van der Waals surface area contributed by atoms with Crippen molar-refractivity contribution >= 4 is 29.3 Å². The summed E-state index contributed by atoms with van der Waals surface area (Å²) in [4.78, 5) is 45.6. The number of unbranched alkanes of at least 4 members (excludes halogenated alkanes) is 4. The lowest BCUT2D eigenvalue weighted by Gasteiger charge is -2.25. The third kappa shape index (κ3) is 8.30. The maximum atomic E-state index is 13.7. The van der Waals surface area contributed by atoms with Gasteiger partial charge in [-0.3, -0.25) is 19.0 Å². The molecule has 0 fully saturated rings. The number of carboxylic acids is 1. The third-order valence-corrected chi connectivity index (χ3v) is 7.78. The molecule has 0 aliphatic heterocycles. The second-order valence-electron chi connectivity index (χ2n) is 10.1. The van der Waals surface area contributed by atoms with E-state index in [0.717, 1.165) is 48.3 Å². The average Bonchev–Trinajstić information content (AvgIpc) is 2.92. The highest BCUT2D eigenvalue weighted by Crippen LogP contribution is 2.33. The van der Waals surface area contributed by atoms with Gasteiger partial charge in [0, 0.05) is 35.2 Å². The van der Waals surface area contributed by atoms with E-state index in [-0.39, 0.29) is 18.0 Å². The van der Waals surface area contributed by atoms with Crippen LogP contribution in [0.3, 0.4) is 0 Å². The van der Waals surface area contributed by atoms with Crippen molar-refractivity contribution in [3.63, 3.8) is 0 Å². The number of benzene rings is 2. The fourth-order valence-corrected chi connectivity index (χ4v) is 5.22. The highest BCUT2D eigenvalue weighted by atomic mass is 32.2. The molecule has 8 heteroatoms. The van der Waals surface area contributed by atoms with Gasteiger partial charge in [0.15, 0.2) is 0 Å². The molecule has 1 amide bonds. The van der Waals surface area contributed by atoms with Crippen LogP contribution in [-0.4, -0.2) is 37.8 Å². The Morgan fingerprint density at radius 3 is 2.26 bits per heavy atom. The fraction of sp³-hybridized carbons (Fsp3) is 0.419. The maximum absolute atomic E-state index is 13.7. The van der Waals surface area contributed by atoms with Crippen molar-refractivity contribution in [1.29, 1.82) is 0 Å². The van der Waals surface area contributed by atoms with Crippen LogP contribution >= 0.6 is 11.8 Å². The van der Waals surface area contributed by atoms with Crippen molar-refractivity contribution in [3.8, 4) is 11.3 Å². The molecule has 0 unspecified atom stereocenters. The molecule has 0 atom stereocenters. The summed E-state index contributed by atoms with van der Waals surface area (Å²) in [5, 5.41) is 9.46. The van der Waals surface area contributed by atoms with Crippen LogP contribution in [0.15, 0.2) is 70.4 Å². The Bertz CT molecular complexity index is 1300. The number of aliphatic carboxylic acids is 1. The highest BCUT2D eigenvalue weighted by Gasteiger charge is 2.28. The molecule has 0 aliphatic rings. The Morgan fingerprint density at radius 2 is 1.64 bits per heavy atom. The second-order valence-corrected chi connectivity index (χ2v) is 11.8. The zero-order valence-corrected chi connectivity index (χ0v) is 24.2. The number of hydrogen-bond donors (Lipinski definition) is 1. The van der Waals surface area contributed by atoms with E-state index in [1.54, 1.807) is 18.7 Å². The van der Waals surface area contributed by atoms with Crippen LogP contribution in [0.2, 0.25) is 0 Å². The Morgan fingerprint density at radius 1 is 0.974 bits per heavy atom. The van der Waals surface area contributed by atoms with E-state index in [0.29, 0.717) is 24.5 Å². The van der Waals surface area contributed by atoms with E-state index in [4.69, 9.17) is 4.98 Å². The van der Waals surface area contributed by atoms with Crippen molar-refractivity contribution in [2.45, 2.75) is 82.4 Å². The maximum Gasteiger partial charge on any atom is 0.319 e. The van der Waals surface area contributed by atoms with Gasteiger partial charge in [-0.25, -0.2) is 4.98 Å². The summed E-state index contributed by atoms with van der Waals surface area (Å²) >= 11 is 1.26. The monoisotopic (exact) mass is 549 g/mol. The van der Waals surface area contributed by atoms with Crippen LogP contribution in [0, 0.1) is 0 Å². The van der Waals surface area contributed by atoms with E-state index in [2.05, 4.69) is 6.92 Å². The molecular weight excluding hydrogens is 510 g/mol. The van der Waals surface area contributed by atoms with Crippen LogP contribution in [-0.2, 0) is 22.6 Å². The number of carbonyl (C=O) groups is 2. The lowest BCUT2D eigenvalue weighted by atomic mass is 10.1. The van der Waals surface area contributed by atoms with Gasteiger partial charge < -0.3 is 10.0 Å². The number of aryl methyl sites for hydroxylation is 1. The lowest BCUT2D eigenvalue weighted by Crippen LogP contribution is -2.38. The van der Waals surface area contributed by atoms with Gasteiger partial charge in [-0.1, -0.05) is 69.9 Å². The van der Waals surface area contributed by atoms with Crippen molar-refractivity contribution in [2.75, 3.05) is 11.4 Å². The first kappa shape index (κ1) is 30.2. The predicted molar refractivity (Wildman–Crippen MR) is 158 cm³/mol. The molecule has 3 aromatic rings. The Kier molecular flexibility index (Phi) is 10.9. The first-order valence-corrected chi connectivity index (χ1v) is 14.5. The summed E-state index contributed by atoms with van der Waals surface area (Å²) in [7, 11) is 0. The van der Waals surface area contributed by atoms with Crippen LogP contribution in [0.1, 0.15) is 65.6 Å². The first-order valence-electron chi connectivity index (χ1n) is 13.6. The molecular formula is C31H39N3O4S. The van der Waals surface area contributed by atoms with E-state index in [1.165, 1.54) is 22.4 Å². The number of amides is 1. The molecule has 208 valence electrons. The fourth-order valence-electron chi connectivity index (χ4n) is 4.27. The number of nitrogens with zero attached hydrogens (tertiary/aromatic N) is 3. The van der Waals surface area contributed by atoms with Gasteiger partial charge in [-0.2, -0.15) is 0 Å². The number of anilines is 1. The summed E-state index contributed by atoms with van der Waals surface area (Å²) < 4.78 is 0.505. The number of thioether (sulfide) groups is 1. The van der Waals surface area contributed by atoms with E-state index < -0.39 is 10.7 Å². The van der Waals surface area contributed by atoms with Gasteiger partial charge in [0.1, 0.15) is 17.1 Å². The van der Waals surface area contributed by atoms with E-state index in [1.807, 2.05) is 61.5 Å². The SMILES string of the molecule is CCCCCCCN(C(=O)Cn1c(CC)nc(-c2ccccc2)cc1=O)c1ccc(SC(C)(C)C(=O)O)cc1. The summed E-state index contributed by atoms with van der Waals surface area (Å²) in [6.07, 6.45) is 5.81. The quantitative estimate of drug-likeness (QED) is 0.184. The van der Waals surface area contributed by atoms with Crippen LogP contribution in [0.5, 0.6) is 0 Å². The molecule has 1 N–H and O–H groups in total. The molecule has 0 aliphatic carbocycles. The largest absolute Gasteiger partial charge is 0.480 e. The normalized spacial score (nSPS) is 11.4. The lowest BCUT2D eigenvalue weighted by molar-refractivity contribution is -0.138. The zero-order valence-electron chi connectivity index (χ0n) is 23.4. The van der Waals surface area contributed by atoms with Crippen LogP contribution < -0.4 is 10.5 Å². The molecule has 1 heterocycles. The Hall–Kier alpha value is -3.39. The molecule has 2 aromatic carbocycles. The number of carbonyl (C=O) groups excluding carboxylic acids is 1. The number of aromatic nitrogens is 2. The standard InChI is InChI=1S/C31H39N3O4S/c1-5-7-8-9-13-20-33(24-16-18-25(19-17-24)39-31(3,4)30(37)38)29(36)22-34-27(6-2)32-26(21-28(34)35)23-14-11-10-12-15-23/h10-12,14-19,21H,5-9,13,20,22H2,1-4H3,(H,37,38). The molecule has 1 aromatic heterocycles. The van der Waals surface area contributed by atoms with E-state index >= 15 is 0 Å². The molecule has 39 heavy (non-hydrogen) atoms. The third-order valence-electron chi connectivity index (χ3n) is 6.59. The summed E-state index contributed by atoms with van der Waals surface area (Å²) in [6.45, 7) is 7.88. The molecule has 3 rings (SSSR count). The topological polar surface area (TPSA) is 92.5 Å². The van der Waals surface area contributed by atoms with Crippen LogP contribution in [0.4, 0.5) is 5.69 Å². The molecule has 0 saturated heterocycles. The summed E-state index contributed by atoms with van der Waals surface area (Å²) in [5.41, 5.74) is 1.94. The van der Waals surface area contributed by atoms with Gasteiger partial charge in [-0.15, -0.1) is 11.8 Å². The zero-order chi connectivity index (χ0) is 28.4. The van der Waals surface area contributed by atoms with Gasteiger partial charge in [0.25, 0.3) is 5.56 Å². The number of carboxylic acid groups (broad SMARTS) is 1. The van der Waals surface area contributed by atoms with Gasteiger partial charge in [0.2, 0.25) is 5.91 Å². The number of rotatable bonds is 14. The Balaban J connectivity index is 1.86. The van der Waals surface area contributed by atoms with Crippen LogP contribution in [0.25, 0.3) is 11.3 Å². The minimum absolute atomic E-state index is 0.0957. The first-order chi connectivity index (χ1) is 18.7. The van der Waals surface area contributed by atoms with Gasteiger partial charge >= 0.3 is 5.97 Å². The molecule has 0 spiro atoms. The minimum Gasteiger partial charge on any atom is -0.480 e. The average molecular weight is 550 g/mol. The highest BCUT2D eigenvalue weighted by molar-refractivity contribution is 8.01. The second kappa shape index (κ2) is 14.1. The van der Waals surface area contributed by atoms with Crippen molar-refractivity contribution < 1.29 is 14.7 Å². The van der Waals surface area contributed by atoms with Crippen molar-refractivity contribution in [2.24, 2.45) is 0 Å². The van der Waals surface area contributed by atoms with Gasteiger partial charge in [0.05, 0.1) is 5.69 Å². The van der Waals surface area contributed by atoms with E-state index in [9.17, 15) is 19.5 Å². The summed E-state index contributed by atoms with van der Waals surface area (Å²) in [6, 6.07) is 18.4.